The molecule has 0 aromatic carbocycles. The smallest absolute Gasteiger partial charge is 0.313 e. The van der Waals surface area contributed by atoms with Crippen LogP contribution in [0.15, 0.2) is 0 Å². The first-order valence-electron chi connectivity index (χ1n) is 5.12. The lowest BCUT2D eigenvalue weighted by Gasteiger charge is -2.24. The quantitative estimate of drug-likeness (QED) is 0.674. The number of hydrogen-bond donors (Lipinski definition) is 1. The van der Waals surface area contributed by atoms with Gasteiger partial charge in [-0.2, -0.15) is 0 Å². The molecule has 13 heavy (non-hydrogen) atoms. The normalized spacial score (nSPS) is 20.2. The first kappa shape index (κ1) is 10.5. The van der Waals surface area contributed by atoms with Gasteiger partial charge in [0.05, 0.1) is 12.0 Å². The second-order valence-electron chi connectivity index (χ2n) is 3.83. The summed E-state index contributed by atoms with van der Waals surface area (Å²) in [4.78, 5) is 11.7. The Hall–Kier alpha value is -0.570. The molecule has 1 rings (SSSR count). The fraction of sp³-hybridized carbons (Fsp3) is 0.900. The molecule has 0 atom stereocenters. The highest BCUT2D eigenvalue weighted by molar-refractivity contribution is 5.77. The number of esters is 1. The second kappa shape index (κ2) is 4.61. The van der Waals surface area contributed by atoms with Gasteiger partial charge in [-0.1, -0.05) is 19.8 Å². The molecule has 0 radical (unpaired) electrons. The number of carbonyl (C=O) groups is 1. The van der Waals surface area contributed by atoms with Gasteiger partial charge in [0, 0.05) is 6.54 Å². The topological polar surface area (TPSA) is 52.3 Å². The van der Waals surface area contributed by atoms with Gasteiger partial charge in [-0.25, -0.2) is 0 Å². The van der Waals surface area contributed by atoms with Crippen LogP contribution in [0.2, 0.25) is 0 Å². The molecule has 76 valence electrons. The van der Waals surface area contributed by atoms with Crippen molar-refractivity contribution in [3.8, 4) is 0 Å². The second-order valence-corrected chi connectivity index (χ2v) is 3.83. The molecule has 1 aliphatic rings. The van der Waals surface area contributed by atoms with Crippen LogP contribution in [0, 0.1) is 5.41 Å². The van der Waals surface area contributed by atoms with Crippen LogP contribution in [0.5, 0.6) is 0 Å². The fourth-order valence-electron chi connectivity index (χ4n) is 1.89. The summed E-state index contributed by atoms with van der Waals surface area (Å²) in [5, 5.41) is 0. The molecule has 0 bridgehead atoms. The standard InChI is InChI=1S/C10H19NO2/c1-2-7-13-9(12)10(8-11)5-3-4-6-10/h2-8,11H2,1H3. The van der Waals surface area contributed by atoms with Crippen molar-refractivity contribution >= 4 is 5.97 Å². The molecule has 0 aliphatic heterocycles. The molecule has 0 heterocycles. The summed E-state index contributed by atoms with van der Waals surface area (Å²) in [6.45, 7) is 2.97. The van der Waals surface area contributed by atoms with Gasteiger partial charge < -0.3 is 10.5 Å². The third-order valence-electron chi connectivity index (χ3n) is 2.82. The molecule has 0 unspecified atom stereocenters. The Bertz CT molecular complexity index is 174. The van der Waals surface area contributed by atoms with E-state index in [9.17, 15) is 4.79 Å². The van der Waals surface area contributed by atoms with Crippen molar-refractivity contribution in [2.24, 2.45) is 11.1 Å². The van der Waals surface area contributed by atoms with E-state index >= 15 is 0 Å². The zero-order chi connectivity index (χ0) is 9.73. The first-order chi connectivity index (χ1) is 6.25. The lowest BCUT2D eigenvalue weighted by atomic mass is 9.86. The molecule has 3 nitrogen and oxygen atoms in total. The van der Waals surface area contributed by atoms with Gasteiger partial charge in [0.25, 0.3) is 0 Å². The van der Waals surface area contributed by atoms with Crippen LogP contribution < -0.4 is 5.73 Å². The zero-order valence-corrected chi connectivity index (χ0v) is 8.34. The third kappa shape index (κ3) is 2.21. The molecule has 1 fully saturated rings. The molecule has 2 N–H and O–H groups in total. The van der Waals surface area contributed by atoms with E-state index < -0.39 is 0 Å². The lowest BCUT2D eigenvalue weighted by molar-refractivity contribution is -0.155. The predicted octanol–water partition coefficient (Wildman–Crippen LogP) is 1.46. The van der Waals surface area contributed by atoms with E-state index in [4.69, 9.17) is 10.5 Å². The largest absolute Gasteiger partial charge is 0.465 e. The van der Waals surface area contributed by atoms with E-state index in [1.807, 2.05) is 6.92 Å². The van der Waals surface area contributed by atoms with Crippen LogP contribution in [0.25, 0.3) is 0 Å². The van der Waals surface area contributed by atoms with E-state index in [0.717, 1.165) is 32.1 Å². The molecule has 3 heteroatoms. The maximum atomic E-state index is 11.7. The number of carbonyl (C=O) groups excluding carboxylic acids is 1. The Labute approximate surface area is 79.6 Å². The summed E-state index contributed by atoms with van der Waals surface area (Å²) in [6, 6.07) is 0. The molecule has 1 saturated carbocycles. The van der Waals surface area contributed by atoms with Gasteiger partial charge in [-0.15, -0.1) is 0 Å². The molecule has 0 aromatic heterocycles. The number of rotatable bonds is 4. The minimum atomic E-state index is -0.338. The Balaban J connectivity index is 2.49. The number of nitrogens with two attached hydrogens (primary N) is 1. The van der Waals surface area contributed by atoms with Crippen molar-refractivity contribution < 1.29 is 9.53 Å². The minimum Gasteiger partial charge on any atom is -0.465 e. The molecule has 0 saturated heterocycles. The van der Waals surface area contributed by atoms with Gasteiger partial charge >= 0.3 is 5.97 Å². The van der Waals surface area contributed by atoms with Crippen LogP contribution in [-0.4, -0.2) is 19.1 Å². The first-order valence-corrected chi connectivity index (χ1v) is 5.12. The maximum Gasteiger partial charge on any atom is 0.313 e. The van der Waals surface area contributed by atoms with Crippen molar-refractivity contribution in [3.05, 3.63) is 0 Å². The van der Waals surface area contributed by atoms with E-state index in [2.05, 4.69) is 0 Å². The summed E-state index contributed by atoms with van der Waals surface area (Å²) in [7, 11) is 0. The van der Waals surface area contributed by atoms with E-state index in [0.29, 0.717) is 13.2 Å². The molecule has 0 amide bonds. The number of ether oxygens (including phenoxy) is 1. The maximum absolute atomic E-state index is 11.7. The monoisotopic (exact) mass is 185 g/mol. The molecule has 0 aromatic rings. The van der Waals surface area contributed by atoms with Gasteiger partial charge in [0.15, 0.2) is 0 Å². The van der Waals surface area contributed by atoms with Crippen molar-refractivity contribution in [1.29, 1.82) is 0 Å². The minimum absolute atomic E-state index is 0.0747. The van der Waals surface area contributed by atoms with Gasteiger partial charge in [0.1, 0.15) is 0 Å². The van der Waals surface area contributed by atoms with Crippen LogP contribution in [-0.2, 0) is 9.53 Å². The van der Waals surface area contributed by atoms with E-state index in [-0.39, 0.29) is 11.4 Å². The number of hydrogen-bond acceptors (Lipinski definition) is 3. The van der Waals surface area contributed by atoms with Crippen LogP contribution in [0.4, 0.5) is 0 Å². The molecule has 1 aliphatic carbocycles. The Morgan fingerprint density at radius 2 is 2.08 bits per heavy atom. The average Bonchev–Trinajstić information content (AvgIpc) is 2.63. The lowest BCUT2D eigenvalue weighted by Crippen LogP contribution is -2.37. The highest BCUT2D eigenvalue weighted by Gasteiger charge is 2.41. The van der Waals surface area contributed by atoms with Crippen LogP contribution in [0.1, 0.15) is 39.0 Å². The Kier molecular flexibility index (Phi) is 3.72. The third-order valence-corrected chi connectivity index (χ3v) is 2.82. The van der Waals surface area contributed by atoms with Gasteiger partial charge in [-0.05, 0) is 19.3 Å². The van der Waals surface area contributed by atoms with E-state index in [1.165, 1.54) is 0 Å². The highest BCUT2D eigenvalue weighted by Crippen LogP contribution is 2.38. The zero-order valence-electron chi connectivity index (χ0n) is 8.34. The summed E-state index contributed by atoms with van der Waals surface area (Å²) in [6.07, 6.45) is 4.92. The average molecular weight is 185 g/mol. The molecule has 0 spiro atoms. The van der Waals surface area contributed by atoms with Crippen molar-refractivity contribution in [2.75, 3.05) is 13.2 Å². The summed E-state index contributed by atoms with van der Waals surface area (Å²) < 4.78 is 5.15. The van der Waals surface area contributed by atoms with Crippen LogP contribution in [0.3, 0.4) is 0 Å². The highest BCUT2D eigenvalue weighted by atomic mass is 16.5. The van der Waals surface area contributed by atoms with Crippen molar-refractivity contribution in [3.63, 3.8) is 0 Å². The molecular formula is C10H19NO2. The Morgan fingerprint density at radius 1 is 1.46 bits per heavy atom. The van der Waals surface area contributed by atoms with Crippen molar-refractivity contribution in [1.82, 2.24) is 0 Å². The SMILES string of the molecule is CCCOC(=O)C1(CN)CCCC1. The van der Waals surface area contributed by atoms with Crippen LogP contribution >= 0.6 is 0 Å². The molecular weight excluding hydrogens is 166 g/mol. The fourth-order valence-corrected chi connectivity index (χ4v) is 1.89. The van der Waals surface area contributed by atoms with Gasteiger partial charge in [-0.3, -0.25) is 4.79 Å². The summed E-state index contributed by atoms with van der Waals surface area (Å²) >= 11 is 0. The van der Waals surface area contributed by atoms with Gasteiger partial charge in [0.2, 0.25) is 0 Å². The Morgan fingerprint density at radius 3 is 2.54 bits per heavy atom. The van der Waals surface area contributed by atoms with Crippen molar-refractivity contribution in [2.45, 2.75) is 39.0 Å². The summed E-state index contributed by atoms with van der Waals surface area (Å²) in [5.74, 6) is -0.0747. The summed E-state index contributed by atoms with van der Waals surface area (Å²) in [5.41, 5.74) is 5.30. The van der Waals surface area contributed by atoms with E-state index in [1.54, 1.807) is 0 Å². The predicted molar refractivity (Wildman–Crippen MR) is 51.2 cm³/mol.